The summed E-state index contributed by atoms with van der Waals surface area (Å²) >= 11 is 0. The predicted molar refractivity (Wildman–Crippen MR) is 87.6 cm³/mol. The number of sulfonamides is 1. The first-order chi connectivity index (χ1) is 11.8. The molecule has 1 aliphatic heterocycles. The number of benzene rings is 1. The summed E-state index contributed by atoms with van der Waals surface area (Å²) in [6, 6.07) is 3.42. The molecule has 1 fully saturated rings. The van der Waals surface area contributed by atoms with Crippen molar-refractivity contribution in [2.45, 2.75) is 43.7 Å². The number of ether oxygens (including phenoxy) is 1. The first kappa shape index (κ1) is 19.3. The third-order valence-electron chi connectivity index (χ3n) is 3.91. The van der Waals surface area contributed by atoms with Crippen LogP contribution in [0.25, 0.3) is 0 Å². The Kier molecular flexibility index (Phi) is 6.12. The number of esters is 1. The molecule has 0 radical (unpaired) electrons. The van der Waals surface area contributed by atoms with Crippen LogP contribution < -0.4 is 5.32 Å². The van der Waals surface area contributed by atoms with E-state index in [1.165, 1.54) is 6.92 Å². The van der Waals surface area contributed by atoms with Crippen LogP contribution in [-0.4, -0.2) is 49.8 Å². The lowest BCUT2D eigenvalue weighted by Crippen LogP contribution is -2.44. The first-order valence-electron chi connectivity index (χ1n) is 8.03. The zero-order chi connectivity index (χ0) is 18.6. The maximum atomic E-state index is 13.0. The lowest BCUT2D eigenvalue weighted by Gasteiger charge is -2.24. The largest absolute Gasteiger partial charge is 0.451 e. The Morgan fingerprint density at radius 3 is 2.60 bits per heavy atom. The Morgan fingerprint density at radius 1 is 1.36 bits per heavy atom. The molecule has 1 N–H and O–H groups in total. The highest BCUT2D eigenvalue weighted by atomic mass is 32.2. The Balaban J connectivity index is 2.15. The molecule has 0 unspecified atom stereocenters. The highest BCUT2D eigenvalue weighted by Crippen LogP contribution is 2.27. The van der Waals surface area contributed by atoms with Crippen molar-refractivity contribution in [3.8, 4) is 0 Å². The molecule has 1 aromatic rings. The van der Waals surface area contributed by atoms with Crippen LogP contribution in [0, 0.1) is 5.82 Å². The Labute approximate surface area is 146 Å². The monoisotopic (exact) mass is 372 g/mol. The van der Waals surface area contributed by atoms with Crippen LogP contribution in [-0.2, 0) is 24.3 Å². The van der Waals surface area contributed by atoms with Gasteiger partial charge in [0, 0.05) is 13.1 Å². The molecule has 1 heterocycles. The Morgan fingerprint density at radius 2 is 2.00 bits per heavy atom. The van der Waals surface area contributed by atoms with Crippen LogP contribution in [0.5, 0.6) is 0 Å². The fraction of sp³-hybridized carbons (Fsp3) is 0.500. The smallest absolute Gasteiger partial charge is 0.325 e. The molecule has 0 bridgehead atoms. The molecule has 0 saturated carbocycles. The van der Waals surface area contributed by atoms with E-state index in [0.29, 0.717) is 19.4 Å². The molecule has 2 atom stereocenters. The summed E-state index contributed by atoms with van der Waals surface area (Å²) in [5.41, 5.74) is 0. The maximum Gasteiger partial charge on any atom is 0.325 e. The van der Waals surface area contributed by atoms with E-state index in [0.717, 1.165) is 28.6 Å². The van der Waals surface area contributed by atoms with Gasteiger partial charge in [0.25, 0.3) is 5.91 Å². The minimum absolute atomic E-state index is 0.0922. The molecule has 1 saturated heterocycles. The number of hydrogen-bond acceptors (Lipinski definition) is 5. The molecule has 0 spiro atoms. The molecule has 7 nitrogen and oxygen atoms in total. The summed E-state index contributed by atoms with van der Waals surface area (Å²) < 4.78 is 44.6. The van der Waals surface area contributed by atoms with Gasteiger partial charge in [-0.3, -0.25) is 9.59 Å². The van der Waals surface area contributed by atoms with E-state index in [1.54, 1.807) is 6.92 Å². The van der Waals surface area contributed by atoms with E-state index < -0.39 is 39.9 Å². The second-order valence-corrected chi connectivity index (χ2v) is 7.59. The van der Waals surface area contributed by atoms with E-state index in [2.05, 4.69) is 5.32 Å². The number of hydrogen-bond donors (Lipinski definition) is 1. The third-order valence-corrected chi connectivity index (χ3v) is 5.83. The number of likely N-dealkylation sites (N-methyl/N-ethyl adjacent to an activating group) is 1. The summed E-state index contributed by atoms with van der Waals surface area (Å²) in [7, 11) is -3.95. The van der Waals surface area contributed by atoms with Gasteiger partial charge in [0.15, 0.2) is 6.10 Å². The molecular weight excluding hydrogens is 351 g/mol. The van der Waals surface area contributed by atoms with Crippen molar-refractivity contribution >= 4 is 21.9 Å². The van der Waals surface area contributed by atoms with Crippen molar-refractivity contribution in [3.05, 3.63) is 30.1 Å². The van der Waals surface area contributed by atoms with Gasteiger partial charge in [0.1, 0.15) is 11.9 Å². The second-order valence-electron chi connectivity index (χ2n) is 5.70. The molecule has 9 heteroatoms. The standard InChI is InChI=1S/C16H21FN2O5S/c1-3-18-15(20)11(2)24-16(21)14-5-4-10-19(14)25(22,23)13-8-6-12(17)7-9-13/h6-9,11,14H,3-5,10H2,1-2H3,(H,18,20)/t11-,14-/m0/s1. The minimum Gasteiger partial charge on any atom is -0.451 e. The van der Waals surface area contributed by atoms with E-state index >= 15 is 0 Å². The van der Waals surface area contributed by atoms with Gasteiger partial charge in [-0.1, -0.05) is 0 Å². The lowest BCUT2D eigenvalue weighted by atomic mass is 10.2. The molecule has 0 aliphatic carbocycles. The van der Waals surface area contributed by atoms with E-state index in [4.69, 9.17) is 4.74 Å². The molecule has 1 aromatic carbocycles. The van der Waals surface area contributed by atoms with Gasteiger partial charge in [-0.2, -0.15) is 4.31 Å². The molecule has 2 rings (SSSR count). The van der Waals surface area contributed by atoms with Gasteiger partial charge in [0.05, 0.1) is 4.90 Å². The van der Waals surface area contributed by atoms with Gasteiger partial charge in [-0.15, -0.1) is 0 Å². The van der Waals surface area contributed by atoms with Gasteiger partial charge >= 0.3 is 5.97 Å². The number of nitrogens with zero attached hydrogens (tertiary/aromatic N) is 1. The fourth-order valence-electron chi connectivity index (χ4n) is 2.63. The summed E-state index contributed by atoms with van der Waals surface area (Å²) in [4.78, 5) is 23.9. The number of rotatable bonds is 6. The maximum absolute atomic E-state index is 13.0. The highest BCUT2D eigenvalue weighted by molar-refractivity contribution is 7.89. The number of carbonyl (C=O) groups is 2. The normalized spacial score (nSPS) is 19.4. The Hall–Kier alpha value is -2.00. The van der Waals surface area contributed by atoms with Crippen molar-refractivity contribution in [2.75, 3.05) is 13.1 Å². The molecule has 1 amide bonds. The van der Waals surface area contributed by atoms with E-state index in [1.807, 2.05) is 0 Å². The predicted octanol–water partition coefficient (Wildman–Crippen LogP) is 1.05. The van der Waals surface area contributed by atoms with Crippen molar-refractivity contribution in [1.29, 1.82) is 0 Å². The van der Waals surface area contributed by atoms with Crippen molar-refractivity contribution in [3.63, 3.8) is 0 Å². The van der Waals surface area contributed by atoms with Crippen LogP contribution in [0.15, 0.2) is 29.2 Å². The van der Waals surface area contributed by atoms with Crippen LogP contribution in [0.3, 0.4) is 0 Å². The van der Waals surface area contributed by atoms with Crippen LogP contribution in [0.4, 0.5) is 4.39 Å². The van der Waals surface area contributed by atoms with E-state index in [9.17, 15) is 22.4 Å². The summed E-state index contributed by atoms with van der Waals surface area (Å²) in [5.74, 6) is -1.75. The number of amides is 1. The molecule has 25 heavy (non-hydrogen) atoms. The quantitative estimate of drug-likeness (QED) is 0.754. The minimum atomic E-state index is -3.95. The van der Waals surface area contributed by atoms with Gasteiger partial charge in [-0.25, -0.2) is 12.8 Å². The SMILES string of the molecule is CCNC(=O)[C@H](C)OC(=O)[C@@H]1CCCN1S(=O)(=O)c1ccc(F)cc1. The summed E-state index contributed by atoms with van der Waals surface area (Å²) in [6.07, 6.45) is -0.208. The highest BCUT2D eigenvalue weighted by Gasteiger charge is 2.41. The van der Waals surface area contributed by atoms with Crippen molar-refractivity contribution in [1.82, 2.24) is 9.62 Å². The molecule has 138 valence electrons. The molecular formula is C16H21FN2O5S. The lowest BCUT2D eigenvalue weighted by molar-refractivity contribution is -0.157. The zero-order valence-corrected chi connectivity index (χ0v) is 14.9. The zero-order valence-electron chi connectivity index (χ0n) is 14.1. The summed E-state index contributed by atoms with van der Waals surface area (Å²) in [5, 5.41) is 2.53. The number of halogens is 1. The average Bonchev–Trinajstić information content (AvgIpc) is 3.06. The van der Waals surface area contributed by atoms with Crippen molar-refractivity contribution in [2.24, 2.45) is 0 Å². The summed E-state index contributed by atoms with van der Waals surface area (Å²) in [6.45, 7) is 3.72. The van der Waals surface area contributed by atoms with Gasteiger partial charge in [0.2, 0.25) is 10.0 Å². The van der Waals surface area contributed by atoms with E-state index in [-0.39, 0.29) is 11.4 Å². The van der Waals surface area contributed by atoms with Gasteiger partial charge < -0.3 is 10.1 Å². The second kappa shape index (κ2) is 7.92. The molecule has 0 aromatic heterocycles. The van der Waals surface area contributed by atoms with Gasteiger partial charge in [-0.05, 0) is 51.0 Å². The van der Waals surface area contributed by atoms with Crippen LogP contribution >= 0.6 is 0 Å². The fourth-order valence-corrected chi connectivity index (χ4v) is 4.28. The third kappa shape index (κ3) is 4.35. The topological polar surface area (TPSA) is 92.8 Å². The van der Waals surface area contributed by atoms with Crippen molar-refractivity contribution < 1.29 is 27.1 Å². The van der Waals surface area contributed by atoms with Crippen LogP contribution in [0.2, 0.25) is 0 Å². The number of carbonyl (C=O) groups excluding carboxylic acids is 2. The molecule has 1 aliphatic rings. The first-order valence-corrected chi connectivity index (χ1v) is 9.47. The number of nitrogens with one attached hydrogen (secondary N) is 1. The average molecular weight is 372 g/mol. The Bertz CT molecular complexity index is 735. The van der Waals surface area contributed by atoms with Crippen LogP contribution in [0.1, 0.15) is 26.7 Å².